The van der Waals surface area contributed by atoms with E-state index in [9.17, 15) is 9.59 Å². The van der Waals surface area contributed by atoms with Crippen molar-refractivity contribution >= 4 is 38.5 Å². The highest BCUT2D eigenvalue weighted by atomic mass is 79.9. The molecule has 3 aromatic carbocycles. The molecule has 0 spiro atoms. The van der Waals surface area contributed by atoms with Gasteiger partial charge < -0.3 is 19.1 Å². The maximum Gasteiger partial charge on any atom is 0.254 e. The number of hydrogen-bond acceptors (Lipinski definition) is 3. The largest absolute Gasteiger partial charge is 0.383 e. The molecule has 6 nitrogen and oxygen atoms in total. The van der Waals surface area contributed by atoms with Gasteiger partial charge in [0.25, 0.3) is 5.91 Å². The van der Waals surface area contributed by atoms with Crippen LogP contribution >= 0.6 is 15.9 Å². The fourth-order valence-corrected chi connectivity index (χ4v) is 4.86. The van der Waals surface area contributed by atoms with Crippen molar-refractivity contribution in [2.45, 2.75) is 32.9 Å². The van der Waals surface area contributed by atoms with Crippen LogP contribution in [0.25, 0.3) is 10.8 Å². The van der Waals surface area contributed by atoms with Crippen LogP contribution in [0.3, 0.4) is 0 Å². The molecule has 0 atom stereocenters. The van der Waals surface area contributed by atoms with Gasteiger partial charge in [0.1, 0.15) is 6.54 Å². The first-order valence-electron chi connectivity index (χ1n) is 13.4. The van der Waals surface area contributed by atoms with Crippen molar-refractivity contribution in [3.05, 3.63) is 106 Å². The Morgan fingerprint density at radius 3 is 2.41 bits per heavy atom. The van der Waals surface area contributed by atoms with E-state index in [1.165, 1.54) is 5.56 Å². The number of rotatable bonds is 13. The Labute approximate surface area is 239 Å². The molecule has 39 heavy (non-hydrogen) atoms. The van der Waals surface area contributed by atoms with E-state index in [-0.39, 0.29) is 18.4 Å². The van der Waals surface area contributed by atoms with Crippen molar-refractivity contribution in [2.24, 2.45) is 0 Å². The first-order valence-corrected chi connectivity index (χ1v) is 14.2. The van der Waals surface area contributed by atoms with Gasteiger partial charge in [-0.1, -0.05) is 71.7 Å². The SMILES string of the molecule is CCCCN(Cc1cccn1Cc1ccc(Br)cc1)C(=O)CN(CCOC)C(=O)c1ccc2ccccc2c1. The van der Waals surface area contributed by atoms with E-state index in [1.807, 2.05) is 71.8 Å². The molecule has 1 aromatic heterocycles. The number of benzene rings is 3. The third-order valence-corrected chi connectivity index (χ3v) is 7.38. The number of amides is 2. The van der Waals surface area contributed by atoms with Gasteiger partial charge in [0.15, 0.2) is 0 Å². The highest BCUT2D eigenvalue weighted by Crippen LogP contribution is 2.18. The lowest BCUT2D eigenvalue weighted by Crippen LogP contribution is -2.44. The number of hydrogen-bond donors (Lipinski definition) is 0. The minimum absolute atomic E-state index is 0.00611. The lowest BCUT2D eigenvalue weighted by molar-refractivity contribution is -0.132. The van der Waals surface area contributed by atoms with E-state index in [1.54, 1.807) is 12.0 Å². The number of halogens is 1. The van der Waals surface area contributed by atoms with E-state index in [0.717, 1.165) is 40.3 Å². The summed E-state index contributed by atoms with van der Waals surface area (Å²) in [6.07, 6.45) is 3.93. The normalized spacial score (nSPS) is 11.1. The van der Waals surface area contributed by atoms with Crippen LogP contribution in [0.15, 0.2) is 89.5 Å². The zero-order valence-electron chi connectivity index (χ0n) is 22.7. The predicted octanol–water partition coefficient (Wildman–Crippen LogP) is 6.37. The van der Waals surface area contributed by atoms with Crippen LogP contribution in [0, 0.1) is 0 Å². The molecular weight excluding hydrogens is 554 g/mol. The molecule has 4 rings (SSSR count). The first kappa shape index (κ1) is 28.6. The summed E-state index contributed by atoms with van der Waals surface area (Å²) >= 11 is 3.49. The van der Waals surface area contributed by atoms with Gasteiger partial charge in [0, 0.05) is 48.7 Å². The van der Waals surface area contributed by atoms with Crippen molar-refractivity contribution in [1.29, 1.82) is 0 Å². The second kappa shape index (κ2) is 14.1. The predicted molar refractivity (Wildman–Crippen MR) is 160 cm³/mol. The molecule has 7 heteroatoms. The molecule has 0 saturated heterocycles. The summed E-state index contributed by atoms with van der Waals surface area (Å²) in [6, 6.07) is 26.0. The molecule has 2 amide bonds. The maximum atomic E-state index is 13.7. The highest BCUT2D eigenvalue weighted by molar-refractivity contribution is 9.10. The number of carbonyl (C=O) groups excluding carboxylic acids is 2. The van der Waals surface area contributed by atoms with Crippen molar-refractivity contribution in [1.82, 2.24) is 14.4 Å². The topological polar surface area (TPSA) is 54.8 Å². The molecule has 204 valence electrons. The zero-order valence-corrected chi connectivity index (χ0v) is 24.3. The Morgan fingerprint density at radius 2 is 1.67 bits per heavy atom. The van der Waals surface area contributed by atoms with Gasteiger partial charge in [-0.25, -0.2) is 0 Å². The Kier molecular flexibility index (Phi) is 10.3. The maximum absolute atomic E-state index is 13.7. The van der Waals surface area contributed by atoms with Crippen LogP contribution in [0.2, 0.25) is 0 Å². The number of methoxy groups -OCH3 is 1. The summed E-state index contributed by atoms with van der Waals surface area (Å²) in [5.74, 6) is -0.231. The van der Waals surface area contributed by atoms with Gasteiger partial charge in [0.2, 0.25) is 5.91 Å². The Bertz CT molecular complexity index is 1380. The molecule has 0 saturated carbocycles. The summed E-state index contributed by atoms with van der Waals surface area (Å²) in [4.78, 5) is 30.7. The zero-order chi connectivity index (χ0) is 27.6. The first-order chi connectivity index (χ1) is 19.0. The summed E-state index contributed by atoms with van der Waals surface area (Å²) < 4.78 is 8.50. The van der Waals surface area contributed by atoms with Crippen molar-refractivity contribution in [2.75, 3.05) is 33.4 Å². The quantitative estimate of drug-likeness (QED) is 0.182. The molecule has 0 aliphatic carbocycles. The van der Waals surface area contributed by atoms with Crippen LogP contribution in [0.4, 0.5) is 0 Å². The van der Waals surface area contributed by atoms with E-state index in [4.69, 9.17) is 4.74 Å². The molecule has 0 unspecified atom stereocenters. The van der Waals surface area contributed by atoms with Gasteiger partial charge in [0.05, 0.1) is 13.2 Å². The Hall–Kier alpha value is -3.42. The van der Waals surface area contributed by atoms with Crippen LogP contribution < -0.4 is 0 Å². The van der Waals surface area contributed by atoms with Crippen LogP contribution in [0.1, 0.15) is 41.4 Å². The fourth-order valence-electron chi connectivity index (χ4n) is 4.59. The average Bonchev–Trinajstić information content (AvgIpc) is 3.39. The number of aromatic nitrogens is 1. The second-order valence-electron chi connectivity index (χ2n) is 9.70. The van der Waals surface area contributed by atoms with Gasteiger partial charge in [-0.3, -0.25) is 9.59 Å². The molecule has 0 bridgehead atoms. The van der Waals surface area contributed by atoms with Crippen LogP contribution in [-0.2, 0) is 22.6 Å². The minimum atomic E-state index is -0.166. The summed E-state index contributed by atoms with van der Waals surface area (Å²) in [5.41, 5.74) is 2.82. The van der Waals surface area contributed by atoms with Crippen molar-refractivity contribution in [3.8, 4) is 0 Å². The monoisotopic (exact) mass is 589 g/mol. The Balaban J connectivity index is 1.51. The Morgan fingerprint density at radius 1 is 0.897 bits per heavy atom. The van der Waals surface area contributed by atoms with Gasteiger partial charge >= 0.3 is 0 Å². The average molecular weight is 591 g/mol. The number of carbonyl (C=O) groups is 2. The third kappa shape index (κ3) is 7.80. The fraction of sp³-hybridized carbons (Fsp3) is 0.312. The molecule has 0 aliphatic heterocycles. The third-order valence-electron chi connectivity index (χ3n) is 6.85. The van der Waals surface area contributed by atoms with Crippen molar-refractivity contribution < 1.29 is 14.3 Å². The highest BCUT2D eigenvalue weighted by Gasteiger charge is 2.23. The molecule has 0 aliphatic rings. The van der Waals surface area contributed by atoms with Gasteiger partial charge in [-0.2, -0.15) is 0 Å². The number of unbranched alkanes of at least 4 members (excludes halogenated alkanes) is 1. The van der Waals surface area contributed by atoms with Gasteiger partial charge in [-0.15, -0.1) is 0 Å². The summed E-state index contributed by atoms with van der Waals surface area (Å²) in [6.45, 7) is 4.68. The number of fused-ring (bicyclic) bond motifs is 1. The smallest absolute Gasteiger partial charge is 0.254 e. The molecule has 4 aromatic rings. The molecule has 0 fully saturated rings. The molecular formula is C32H36BrN3O3. The number of ether oxygens (including phenoxy) is 1. The molecule has 0 N–H and O–H groups in total. The summed E-state index contributed by atoms with van der Waals surface area (Å²) in [5, 5.41) is 2.07. The van der Waals surface area contributed by atoms with E-state index in [2.05, 4.69) is 45.6 Å². The standard InChI is InChI=1S/C32H36BrN3O3/c1-3-4-17-35(23-30-10-7-18-34(30)22-25-11-15-29(33)16-12-25)31(37)24-36(19-20-39-2)32(38)28-14-13-26-8-5-6-9-27(26)21-28/h5-16,18,21H,3-4,17,19-20,22-24H2,1-2H3. The molecule has 1 heterocycles. The lowest BCUT2D eigenvalue weighted by Gasteiger charge is -2.28. The molecule has 0 radical (unpaired) electrons. The van der Waals surface area contributed by atoms with E-state index < -0.39 is 0 Å². The van der Waals surface area contributed by atoms with Gasteiger partial charge in [-0.05, 0) is 59.2 Å². The van der Waals surface area contributed by atoms with Crippen LogP contribution in [0.5, 0.6) is 0 Å². The summed E-state index contributed by atoms with van der Waals surface area (Å²) in [7, 11) is 1.60. The van der Waals surface area contributed by atoms with E-state index in [0.29, 0.717) is 31.8 Å². The lowest BCUT2D eigenvalue weighted by atomic mass is 10.1. The second-order valence-corrected chi connectivity index (χ2v) is 10.6. The van der Waals surface area contributed by atoms with E-state index >= 15 is 0 Å². The van der Waals surface area contributed by atoms with Crippen molar-refractivity contribution in [3.63, 3.8) is 0 Å². The number of nitrogens with zero attached hydrogens (tertiary/aromatic N) is 3. The van der Waals surface area contributed by atoms with Crippen LogP contribution in [-0.4, -0.2) is 59.5 Å². The minimum Gasteiger partial charge on any atom is -0.383 e.